The van der Waals surface area contributed by atoms with E-state index in [2.05, 4.69) is 15.3 Å². The predicted molar refractivity (Wildman–Crippen MR) is 150 cm³/mol. The van der Waals surface area contributed by atoms with Crippen molar-refractivity contribution in [3.63, 3.8) is 0 Å². The van der Waals surface area contributed by atoms with Crippen molar-refractivity contribution in [2.24, 2.45) is 15.4 Å². The molecule has 39 heavy (non-hydrogen) atoms. The highest BCUT2D eigenvalue weighted by Gasteiger charge is 2.52. The lowest BCUT2D eigenvalue weighted by atomic mass is 9.80. The minimum atomic E-state index is -1.05. The number of nitrogens with zero attached hydrogens (tertiary/aromatic N) is 4. The molecule has 192 valence electrons. The van der Waals surface area contributed by atoms with E-state index in [9.17, 15) is 4.79 Å². The van der Waals surface area contributed by atoms with Crippen LogP contribution in [0.5, 0.6) is 0 Å². The lowest BCUT2D eigenvalue weighted by molar-refractivity contribution is -0.126. The van der Waals surface area contributed by atoms with Crippen LogP contribution in [0.3, 0.4) is 0 Å². The van der Waals surface area contributed by atoms with Gasteiger partial charge in [0.2, 0.25) is 5.89 Å². The van der Waals surface area contributed by atoms with Gasteiger partial charge in [0.15, 0.2) is 11.3 Å². The Labute approximate surface area is 224 Å². The Morgan fingerprint density at radius 3 is 2.56 bits per heavy atom. The van der Waals surface area contributed by atoms with Gasteiger partial charge in [-0.15, -0.1) is 0 Å². The summed E-state index contributed by atoms with van der Waals surface area (Å²) in [5, 5.41) is 5.34. The normalized spacial score (nSPS) is 26.3. The molecule has 0 radical (unpaired) electrons. The van der Waals surface area contributed by atoms with E-state index in [1.54, 1.807) is 18.7 Å². The molecule has 0 spiro atoms. The zero-order chi connectivity index (χ0) is 26.8. The second-order valence-corrected chi connectivity index (χ2v) is 10.9. The first kappa shape index (κ1) is 23.3. The second-order valence-electron chi connectivity index (χ2n) is 10.9. The Hall–Kier alpha value is -4.85. The predicted octanol–water partition coefficient (Wildman–Crippen LogP) is 3.28. The van der Waals surface area contributed by atoms with Gasteiger partial charge in [0.05, 0.1) is 22.5 Å². The van der Waals surface area contributed by atoms with E-state index in [1.165, 1.54) is 0 Å². The topological polar surface area (TPSA) is 109 Å². The van der Waals surface area contributed by atoms with Gasteiger partial charge >= 0.3 is 0 Å². The largest absolute Gasteiger partial charge is 0.445 e. The fraction of sp³-hybridized carbons (Fsp3) is 0.194. The molecule has 2 atom stereocenters. The van der Waals surface area contributed by atoms with Crippen molar-refractivity contribution in [2.45, 2.75) is 31.8 Å². The number of hydrogen-bond donors (Lipinski definition) is 2. The molecule has 0 amide bonds. The molecule has 1 saturated heterocycles. The van der Waals surface area contributed by atoms with E-state index in [4.69, 9.17) is 19.4 Å². The van der Waals surface area contributed by atoms with Crippen molar-refractivity contribution in [2.75, 3.05) is 0 Å². The number of ketones is 1. The van der Waals surface area contributed by atoms with Crippen LogP contribution in [0.15, 0.2) is 105 Å². The number of H-pyrrole nitrogens is 1. The molecule has 0 aromatic carbocycles. The number of Topliss-reactive ketones (excluding diaryl/α,β-unsaturated/α-hetero) is 1. The summed E-state index contributed by atoms with van der Waals surface area (Å²) >= 11 is 0. The number of hydrogen-bond acceptors (Lipinski definition) is 7. The molecule has 8 nitrogen and oxygen atoms in total. The number of aromatic amines is 1. The molecule has 4 aliphatic heterocycles. The van der Waals surface area contributed by atoms with Crippen molar-refractivity contribution in [3.05, 3.63) is 107 Å². The minimum Gasteiger partial charge on any atom is -0.445 e. The molecular formula is C31H26N6O2. The number of aromatic nitrogens is 3. The summed E-state index contributed by atoms with van der Waals surface area (Å²) < 4.78 is 6.06. The van der Waals surface area contributed by atoms with Gasteiger partial charge in [-0.25, -0.2) is 9.98 Å². The smallest absolute Gasteiger partial charge is 0.230 e. The minimum absolute atomic E-state index is 0.0454. The Bertz CT molecular complexity index is 1850. The van der Waals surface area contributed by atoms with E-state index >= 15 is 0 Å². The third-order valence-corrected chi connectivity index (χ3v) is 7.56. The van der Waals surface area contributed by atoms with Crippen LogP contribution in [0.4, 0.5) is 0 Å². The third-order valence-electron chi connectivity index (χ3n) is 7.56. The van der Waals surface area contributed by atoms with Gasteiger partial charge in [-0.1, -0.05) is 0 Å². The molecule has 7 rings (SSSR count). The summed E-state index contributed by atoms with van der Waals surface area (Å²) in [6, 6.07) is 7.80. The summed E-state index contributed by atoms with van der Waals surface area (Å²) in [6.45, 7) is 5.75. The molecule has 7 heterocycles. The van der Waals surface area contributed by atoms with E-state index in [0.717, 1.165) is 39.1 Å². The lowest BCUT2D eigenvalue weighted by Crippen LogP contribution is -2.41. The Kier molecular flexibility index (Phi) is 4.82. The van der Waals surface area contributed by atoms with Crippen molar-refractivity contribution in [3.8, 4) is 11.3 Å². The fourth-order valence-electron chi connectivity index (χ4n) is 5.52. The van der Waals surface area contributed by atoms with Crippen molar-refractivity contribution >= 4 is 29.4 Å². The van der Waals surface area contributed by atoms with Gasteiger partial charge in [-0.2, -0.15) is 0 Å². The van der Waals surface area contributed by atoms with Gasteiger partial charge in [0, 0.05) is 34.4 Å². The van der Waals surface area contributed by atoms with Crippen LogP contribution in [-0.4, -0.2) is 37.7 Å². The van der Waals surface area contributed by atoms with Crippen LogP contribution >= 0.6 is 0 Å². The molecule has 1 fully saturated rings. The first-order valence-electron chi connectivity index (χ1n) is 12.8. The number of rotatable bonds is 2. The lowest BCUT2D eigenvalue weighted by Gasteiger charge is -2.22. The zero-order valence-electron chi connectivity index (χ0n) is 21.8. The van der Waals surface area contributed by atoms with E-state index in [-0.39, 0.29) is 5.78 Å². The molecule has 0 saturated carbocycles. The molecule has 0 aliphatic carbocycles. The van der Waals surface area contributed by atoms with Crippen LogP contribution in [0, 0.1) is 5.41 Å². The Morgan fingerprint density at radius 2 is 1.77 bits per heavy atom. The van der Waals surface area contributed by atoms with Gasteiger partial charge in [0.1, 0.15) is 17.5 Å². The molecule has 8 bridgehead atoms. The monoisotopic (exact) mass is 514 g/mol. The van der Waals surface area contributed by atoms with E-state index in [1.807, 2.05) is 93.6 Å². The molecule has 4 aliphatic rings. The quantitative estimate of drug-likeness (QED) is 0.546. The summed E-state index contributed by atoms with van der Waals surface area (Å²) in [5.41, 5.74) is 1.73. The summed E-state index contributed by atoms with van der Waals surface area (Å²) in [7, 11) is 0. The fourth-order valence-corrected chi connectivity index (χ4v) is 5.52. The summed E-state index contributed by atoms with van der Waals surface area (Å²) in [5.74, 6) is 0.448. The average molecular weight is 515 g/mol. The number of carbonyl (C=O) groups is 1. The zero-order valence-corrected chi connectivity index (χ0v) is 21.8. The molecule has 3 aromatic heterocycles. The molecule has 2 N–H and O–H groups in total. The number of fused-ring (bicyclic) bond motifs is 6. The highest BCUT2D eigenvalue weighted by molar-refractivity contribution is 6.20. The number of oxazole rings is 1. The number of nitrogens with one attached hydrogen (secondary N) is 2. The van der Waals surface area contributed by atoms with Gasteiger partial charge < -0.3 is 14.7 Å². The summed E-state index contributed by atoms with van der Waals surface area (Å²) in [6.07, 6.45) is 20.7. The highest BCUT2D eigenvalue weighted by Crippen LogP contribution is 2.44. The van der Waals surface area contributed by atoms with Gasteiger partial charge in [0.25, 0.3) is 0 Å². The number of pyridine rings is 1. The van der Waals surface area contributed by atoms with Crippen molar-refractivity contribution in [1.82, 2.24) is 20.3 Å². The Balaban J connectivity index is 1.45. The first-order chi connectivity index (χ1) is 18.7. The van der Waals surface area contributed by atoms with E-state index in [0.29, 0.717) is 11.6 Å². The van der Waals surface area contributed by atoms with Gasteiger partial charge in [-0.3, -0.25) is 14.8 Å². The maximum Gasteiger partial charge on any atom is 0.230 e. The average Bonchev–Trinajstić information content (AvgIpc) is 3.73. The molecule has 8 heteroatoms. The molecule has 3 aromatic rings. The maximum atomic E-state index is 13.8. The maximum absolute atomic E-state index is 13.8. The van der Waals surface area contributed by atoms with Crippen LogP contribution in [-0.2, 0) is 10.3 Å². The van der Waals surface area contributed by atoms with Crippen LogP contribution in [0.1, 0.15) is 26.7 Å². The Morgan fingerprint density at radius 1 is 0.949 bits per heavy atom. The van der Waals surface area contributed by atoms with Crippen molar-refractivity contribution in [1.29, 1.82) is 0 Å². The number of aliphatic imine (C=N–C) groups is 2. The SMILES string of the molecule is CC12C=C3C=CC(=N3)C=c3ccc([nH]3)=CC3=NC(c4nc(-c5cccnc5)co4)(C=C3)C=C(N1)C(C)(C)C2=O. The third kappa shape index (κ3) is 3.79. The van der Waals surface area contributed by atoms with Crippen molar-refractivity contribution < 1.29 is 9.21 Å². The van der Waals surface area contributed by atoms with Crippen LogP contribution in [0.2, 0.25) is 0 Å². The van der Waals surface area contributed by atoms with Gasteiger partial charge in [-0.05, 0) is 93.6 Å². The van der Waals surface area contributed by atoms with Crippen LogP contribution < -0.4 is 16.0 Å². The second kappa shape index (κ2) is 8.07. The number of allylic oxidation sites excluding steroid dienone is 4. The first-order valence-corrected chi connectivity index (χ1v) is 12.8. The summed E-state index contributed by atoms with van der Waals surface area (Å²) in [4.78, 5) is 36.1. The standard InChI is InChI=1S/C31H26N6O2/c1-29(2)26-16-31(28-35-25(18-39-28)19-5-4-12-32-17-19)11-10-23(36-31)14-22-7-6-20(33-22)13-21-8-9-24(34-21)15-30(3,37-26)27(29)38/h4-18,33,37H,1-3H3. The molecule has 2 unspecified atom stereocenters. The van der Waals surface area contributed by atoms with E-state index < -0.39 is 16.5 Å². The highest BCUT2D eigenvalue weighted by atomic mass is 16.3. The molecular weight excluding hydrogens is 488 g/mol. The van der Waals surface area contributed by atoms with Crippen LogP contribution in [0.25, 0.3) is 23.4 Å². The number of carbonyl (C=O) groups excluding carboxylic acids is 1.